The van der Waals surface area contributed by atoms with Gasteiger partial charge < -0.3 is 25.1 Å². The second kappa shape index (κ2) is 8.25. The van der Waals surface area contributed by atoms with E-state index in [1.54, 1.807) is 7.11 Å². The Hall–Kier alpha value is -3.28. The molecule has 170 valence electrons. The summed E-state index contributed by atoms with van der Waals surface area (Å²) >= 11 is 0. The van der Waals surface area contributed by atoms with Crippen LogP contribution in [-0.2, 0) is 6.42 Å². The number of aliphatic hydroxyl groups excluding tert-OH is 1. The monoisotopic (exact) mass is 443 g/mol. The standard InChI is InChI=1S/C28H29NO4/c1-28(2)26-25(18-7-6-8-20(15-18)31-3)22-14-17(13-19(29)16-30)11-12-23(22)32-27(26)21-9-4-5-10-24(21)33-28/h4-12,14-15,19,25,30H,13,16,29H2,1-3H3/t19-,25?/m0/s1. The van der Waals surface area contributed by atoms with Crippen LogP contribution in [0.3, 0.4) is 0 Å². The molecule has 2 atom stereocenters. The third-order valence-corrected chi connectivity index (χ3v) is 6.44. The SMILES string of the molecule is COc1cccc(C2C3=C(Oc4ccc(C[C@H](N)CO)cc42)c2ccccc2OC3(C)C)c1. The maximum Gasteiger partial charge on any atom is 0.142 e. The van der Waals surface area contributed by atoms with Crippen LogP contribution in [0.2, 0.25) is 0 Å². The predicted octanol–water partition coefficient (Wildman–Crippen LogP) is 4.66. The van der Waals surface area contributed by atoms with Gasteiger partial charge in [0.15, 0.2) is 0 Å². The van der Waals surface area contributed by atoms with Crippen LogP contribution in [0.5, 0.6) is 17.2 Å². The third-order valence-electron chi connectivity index (χ3n) is 6.44. The van der Waals surface area contributed by atoms with Gasteiger partial charge in [-0.15, -0.1) is 0 Å². The molecule has 3 N–H and O–H groups in total. The Morgan fingerprint density at radius 2 is 1.85 bits per heavy atom. The fourth-order valence-electron chi connectivity index (χ4n) is 4.92. The molecular formula is C28H29NO4. The number of aliphatic hydroxyl groups is 1. The van der Waals surface area contributed by atoms with Crippen molar-refractivity contribution in [1.29, 1.82) is 0 Å². The number of ether oxygens (including phenoxy) is 3. The van der Waals surface area contributed by atoms with Gasteiger partial charge in [-0.05, 0) is 61.7 Å². The van der Waals surface area contributed by atoms with Gasteiger partial charge >= 0.3 is 0 Å². The van der Waals surface area contributed by atoms with Gasteiger partial charge in [0.25, 0.3) is 0 Å². The molecule has 0 spiro atoms. The molecule has 2 aliphatic heterocycles. The number of hydrogen-bond donors (Lipinski definition) is 2. The first kappa shape index (κ1) is 21.6. The van der Waals surface area contributed by atoms with Crippen LogP contribution in [0.25, 0.3) is 5.76 Å². The Balaban J connectivity index is 1.75. The Morgan fingerprint density at radius 3 is 2.64 bits per heavy atom. The zero-order valence-corrected chi connectivity index (χ0v) is 19.2. The average molecular weight is 444 g/mol. The van der Waals surface area contributed by atoms with Crippen molar-refractivity contribution >= 4 is 5.76 Å². The smallest absolute Gasteiger partial charge is 0.142 e. The minimum Gasteiger partial charge on any atom is -0.497 e. The maximum atomic E-state index is 9.45. The summed E-state index contributed by atoms with van der Waals surface area (Å²) in [4.78, 5) is 0. The summed E-state index contributed by atoms with van der Waals surface area (Å²) in [5.74, 6) is 3.19. The Kier molecular flexibility index (Phi) is 5.39. The molecule has 2 heterocycles. The van der Waals surface area contributed by atoms with Crippen LogP contribution >= 0.6 is 0 Å². The molecule has 0 saturated carbocycles. The van der Waals surface area contributed by atoms with Gasteiger partial charge in [0.2, 0.25) is 0 Å². The fourth-order valence-corrected chi connectivity index (χ4v) is 4.92. The minimum absolute atomic E-state index is 0.0557. The highest BCUT2D eigenvalue weighted by atomic mass is 16.5. The zero-order chi connectivity index (χ0) is 23.2. The summed E-state index contributed by atoms with van der Waals surface area (Å²) in [6, 6.07) is 22.1. The first-order valence-corrected chi connectivity index (χ1v) is 11.3. The van der Waals surface area contributed by atoms with Gasteiger partial charge in [-0.3, -0.25) is 0 Å². The van der Waals surface area contributed by atoms with Crippen molar-refractivity contribution in [3.05, 3.63) is 94.6 Å². The van der Waals surface area contributed by atoms with Gasteiger partial charge in [0, 0.05) is 23.1 Å². The lowest BCUT2D eigenvalue weighted by Crippen LogP contribution is -2.40. The first-order valence-electron chi connectivity index (χ1n) is 11.3. The number of benzene rings is 3. The van der Waals surface area contributed by atoms with Crippen LogP contribution in [0.4, 0.5) is 0 Å². The molecule has 2 aliphatic rings. The fraction of sp³-hybridized carbons (Fsp3) is 0.286. The van der Waals surface area contributed by atoms with Crippen molar-refractivity contribution in [2.24, 2.45) is 5.73 Å². The normalized spacial score (nSPS) is 18.9. The molecule has 5 rings (SSSR count). The first-order chi connectivity index (χ1) is 15.9. The number of para-hydroxylation sites is 1. The minimum atomic E-state index is -0.591. The van der Waals surface area contributed by atoms with E-state index in [0.29, 0.717) is 6.42 Å². The third kappa shape index (κ3) is 3.77. The van der Waals surface area contributed by atoms with E-state index in [4.69, 9.17) is 19.9 Å². The number of hydrogen-bond acceptors (Lipinski definition) is 5. The topological polar surface area (TPSA) is 73.9 Å². The largest absolute Gasteiger partial charge is 0.497 e. The lowest BCUT2D eigenvalue weighted by molar-refractivity contribution is 0.132. The van der Waals surface area contributed by atoms with Gasteiger partial charge in [-0.2, -0.15) is 0 Å². The molecule has 0 bridgehead atoms. The molecule has 0 radical (unpaired) electrons. The van der Waals surface area contributed by atoms with E-state index in [-0.39, 0.29) is 18.6 Å². The molecule has 0 saturated heterocycles. The van der Waals surface area contributed by atoms with Gasteiger partial charge in [-0.1, -0.05) is 36.4 Å². The molecule has 5 heteroatoms. The lowest BCUT2D eigenvalue weighted by atomic mass is 9.73. The number of methoxy groups -OCH3 is 1. The zero-order valence-electron chi connectivity index (χ0n) is 19.2. The van der Waals surface area contributed by atoms with Crippen molar-refractivity contribution in [2.45, 2.75) is 37.8 Å². The maximum absolute atomic E-state index is 9.45. The second-order valence-electron chi connectivity index (χ2n) is 9.18. The number of rotatable bonds is 5. The number of nitrogens with two attached hydrogens (primary N) is 1. The van der Waals surface area contributed by atoms with Crippen molar-refractivity contribution in [2.75, 3.05) is 13.7 Å². The summed E-state index contributed by atoms with van der Waals surface area (Å²) in [5.41, 5.74) is 10.7. The molecular weight excluding hydrogens is 414 g/mol. The van der Waals surface area contributed by atoms with Gasteiger partial charge in [0.05, 0.1) is 19.3 Å². The molecule has 3 aromatic rings. The van der Waals surface area contributed by atoms with E-state index in [2.05, 4.69) is 32.0 Å². The van der Waals surface area contributed by atoms with E-state index in [0.717, 1.165) is 50.8 Å². The van der Waals surface area contributed by atoms with Crippen LogP contribution in [0, 0.1) is 0 Å². The van der Waals surface area contributed by atoms with E-state index in [9.17, 15) is 5.11 Å². The molecule has 3 aromatic carbocycles. The number of fused-ring (bicyclic) bond motifs is 3. The van der Waals surface area contributed by atoms with Crippen LogP contribution in [-0.4, -0.2) is 30.5 Å². The Labute approximate surface area is 194 Å². The molecule has 5 nitrogen and oxygen atoms in total. The molecule has 0 fully saturated rings. The lowest BCUT2D eigenvalue weighted by Gasteiger charge is -2.43. The van der Waals surface area contributed by atoms with Crippen molar-refractivity contribution in [3.8, 4) is 17.2 Å². The quantitative estimate of drug-likeness (QED) is 0.600. The van der Waals surface area contributed by atoms with Gasteiger partial charge in [0.1, 0.15) is 28.6 Å². The van der Waals surface area contributed by atoms with Crippen molar-refractivity contribution in [3.63, 3.8) is 0 Å². The molecule has 1 unspecified atom stereocenters. The van der Waals surface area contributed by atoms with E-state index in [1.165, 1.54) is 0 Å². The van der Waals surface area contributed by atoms with E-state index < -0.39 is 5.60 Å². The van der Waals surface area contributed by atoms with Crippen LogP contribution in [0.15, 0.2) is 72.3 Å². The second-order valence-corrected chi connectivity index (χ2v) is 9.18. The summed E-state index contributed by atoms with van der Waals surface area (Å²) < 4.78 is 18.6. The predicted molar refractivity (Wildman–Crippen MR) is 129 cm³/mol. The molecule has 0 amide bonds. The van der Waals surface area contributed by atoms with E-state index >= 15 is 0 Å². The van der Waals surface area contributed by atoms with E-state index in [1.807, 2.05) is 48.5 Å². The summed E-state index contributed by atoms with van der Waals surface area (Å²) in [5, 5.41) is 9.45. The summed E-state index contributed by atoms with van der Waals surface area (Å²) in [6.07, 6.45) is 0.587. The van der Waals surface area contributed by atoms with Crippen molar-refractivity contribution in [1.82, 2.24) is 0 Å². The summed E-state index contributed by atoms with van der Waals surface area (Å²) in [6.45, 7) is 4.12. The summed E-state index contributed by atoms with van der Waals surface area (Å²) in [7, 11) is 1.68. The average Bonchev–Trinajstić information content (AvgIpc) is 2.82. The molecule has 0 aliphatic carbocycles. The molecule has 33 heavy (non-hydrogen) atoms. The van der Waals surface area contributed by atoms with Gasteiger partial charge in [-0.25, -0.2) is 0 Å². The van der Waals surface area contributed by atoms with Crippen LogP contribution in [0.1, 0.15) is 42.0 Å². The van der Waals surface area contributed by atoms with Crippen molar-refractivity contribution < 1.29 is 19.3 Å². The highest BCUT2D eigenvalue weighted by molar-refractivity contribution is 5.79. The van der Waals surface area contributed by atoms with Crippen LogP contribution < -0.4 is 19.9 Å². The highest BCUT2D eigenvalue weighted by Gasteiger charge is 2.45. The molecule has 0 aromatic heterocycles. The highest BCUT2D eigenvalue weighted by Crippen LogP contribution is 2.54. The Morgan fingerprint density at radius 1 is 1.03 bits per heavy atom. The Bertz CT molecular complexity index is 1230.